The van der Waals surface area contributed by atoms with Crippen molar-refractivity contribution in [2.24, 2.45) is 5.92 Å². The van der Waals surface area contributed by atoms with Crippen molar-refractivity contribution in [2.75, 3.05) is 31.2 Å². The summed E-state index contributed by atoms with van der Waals surface area (Å²) in [6.45, 7) is 3.21. The molecular weight excluding hydrogens is 296 g/mol. The highest BCUT2D eigenvalue weighted by molar-refractivity contribution is 7.91. The minimum absolute atomic E-state index is 0.00600. The van der Waals surface area contributed by atoms with E-state index in [0.29, 0.717) is 39.0 Å². The number of hydrogen-bond donors (Lipinski definition) is 1. The maximum Gasteiger partial charge on any atom is 0.409 e. The van der Waals surface area contributed by atoms with Crippen molar-refractivity contribution in [1.29, 1.82) is 0 Å². The summed E-state index contributed by atoms with van der Waals surface area (Å²) in [6.07, 6.45) is 1.44. The van der Waals surface area contributed by atoms with Gasteiger partial charge in [-0.3, -0.25) is 4.79 Å². The first-order chi connectivity index (χ1) is 9.91. The standard InChI is InChI=1S/C13H22N2O5S/c1-2-20-13(17)15-6-3-11(4-7-15)14-12(16)10-5-8-21(18,19)9-10/h10-11H,2-9H2,1H3,(H,14,16). The minimum atomic E-state index is -3.04. The smallest absolute Gasteiger partial charge is 0.409 e. The summed E-state index contributed by atoms with van der Waals surface area (Å²) in [5, 5.41) is 2.91. The number of likely N-dealkylation sites (tertiary alicyclic amines) is 1. The molecule has 2 heterocycles. The fourth-order valence-electron chi connectivity index (χ4n) is 2.74. The van der Waals surface area contributed by atoms with E-state index >= 15 is 0 Å². The minimum Gasteiger partial charge on any atom is -0.450 e. The molecule has 2 aliphatic heterocycles. The van der Waals surface area contributed by atoms with Crippen LogP contribution in [0.5, 0.6) is 0 Å². The summed E-state index contributed by atoms with van der Waals surface area (Å²) in [6, 6.07) is 0.00600. The van der Waals surface area contributed by atoms with E-state index < -0.39 is 15.8 Å². The van der Waals surface area contributed by atoms with Gasteiger partial charge in [0.15, 0.2) is 9.84 Å². The van der Waals surface area contributed by atoms with Crippen LogP contribution in [-0.2, 0) is 19.4 Å². The molecule has 0 aromatic carbocycles. The first-order valence-corrected chi connectivity index (χ1v) is 9.16. The van der Waals surface area contributed by atoms with Gasteiger partial charge in [0.05, 0.1) is 24.0 Å². The third kappa shape index (κ3) is 4.33. The lowest BCUT2D eigenvalue weighted by Gasteiger charge is -2.32. The average molecular weight is 318 g/mol. The first kappa shape index (κ1) is 16.1. The number of nitrogens with one attached hydrogen (secondary N) is 1. The zero-order chi connectivity index (χ0) is 15.5. The van der Waals surface area contributed by atoms with Gasteiger partial charge in [0.1, 0.15) is 0 Å². The van der Waals surface area contributed by atoms with Crippen LogP contribution < -0.4 is 5.32 Å². The Bertz CT molecular complexity index is 497. The maximum atomic E-state index is 12.0. The monoisotopic (exact) mass is 318 g/mol. The highest BCUT2D eigenvalue weighted by atomic mass is 32.2. The Balaban J connectivity index is 1.76. The van der Waals surface area contributed by atoms with Gasteiger partial charge in [-0.15, -0.1) is 0 Å². The number of ether oxygens (including phenoxy) is 1. The third-order valence-electron chi connectivity index (χ3n) is 3.97. The van der Waals surface area contributed by atoms with Crippen LogP contribution in [0.4, 0.5) is 4.79 Å². The van der Waals surface area contributed by atoms with Gasteiger partial charge in [0.2, 0.25) is 5.91 Å². The van der Waals surface area contributed by atoms with Gasteiger partial charge in [-0.2, -0.15) is 0 Å². The lowest BCUT2D eigenvalue weighted by atomic mass is 10.0. The molecule has 7 nitrogen and oxygen atoms in total. The van der Waals surface area contributed by atoms with Crippen molar-refractivity contribution in [1.82, 2.24) is 10.2 Å². The molecule has 0 radical (unpaired) electrons. The molecule has 2 amide bonds. The van der Waals surface area contributed by atoms with Crippen LogP contribution in [0.25, 0.3) is 0 Å². The normalized spacial score (nSPS) is 25.6. The molecule has 0 saturated carbocycles. The summed E-state index contributed by atoms with van der Waals surface area (Å²) >= 11 is 0. The summed E-state index contributed by atoms with van der Waals surface area (Å²) in [4.78, 5) is 25.2. The number of carbonyl (C=O) groups excluding carboxylic acids is 2. The number of amides is 2. The van der Waals surface area contributed by atoms with Crippen LogP contribution in [-0.4, -0.2) is 62.6 Å². The highest BCUT2D eigenvalue weighted by Crippen LogP contribution is 2.19. The Labute approximate surface area is 124 Å². The van der Waals surface area contributed by atoms with Gasteiger partial charge in [0.25, 0.3) is 0 Å². The molecule has 1 unspecified atom stereocenters. The molecule has 21 heavy (non-hydrogen) atoms. The van der Waals surface area contributed by atoms with Gasteiger partial charge in [-0.05, 0) is 26.2 Å². The zero-order valence-electron chi connectivity index (χ0n) is 12.2. The molecule has 0 bridgehead atoms. The fraction of sp³-hybridized carbons (Fsp3) is 0.846. The van der Waals surface area contributed by atoms with Crippen LogP contribution >= 0.6 is 0 Å². The van der Waals surface area contributed by atoms with Crippen LogP contribution in [0.2, 0.25) is 0 Å². The van der Waals surface area contributed by atoms with E-state index in [0.717, 1.165) is 0 Å². The zero-order valence-corrected chi connectivity index (χ0v) is 13.0. The Hall–Kier alpha value is -1.31. The Kier molecular flexibility index (Phi) is 5.08. The molecule has 0 aromatic heterocycles. The molecule has 8 heteroatoms. The predicted molar refractivity (Wildman–Crippen MR) is 76.5 cm³/mol. The van der Waals surface area contributed by atoms with E-state index in [-0.39, 0.29) is 29.5 Å². The third-order valence-corrected chi connectivity index (χ3v) is 5.74. The quantitative estimate of drug-likeness (QED) is 0.800. The summed E-state index contributed by atoms with van der Waals surface area (Å²) in [5.74, 6) is -0.531. The molecule has 2 fully saturated rings. The molecule has 0 aromatic rings. The number of sulfone groups is 1. The first-order valence-electron chi connectivity index (χ1n) is 7.34. The van der Waals surface area contributed by atoms with Crippen molar-refractivity contribution in [3.8, 4) is 0 Å². The van der Waals surface area contributed by atoms with Crippen molar-refractivity contribution in [2.45, 2.75) is 32.2 Å². The average Bonchev–Trinajstić information content (AvgIpc) is 2.80. The van der Waals surface area contributed by atoms with Gasteiger partial charge in [-0.25, -0.2) is 13.2 Å². The predicted octanol–water partition coefficient (Wildman–Crippen LogP) is 0.158. The number of rotatable bonds is 3. The Morgan fingerprint density at radius 1 is 1.24 bits per heavy atom. The molecular formula is C13H22N2O5S. The van der Waals surface area contributed by atoms with Crippen LogP contribution in [0.3, 0.4) is 0 Å². The van der Waals surface area contributed by atoms with Gasteiger partial charge >= 0.3 is 6.09 Å². The highest BCUT2D eigenvalue weighted by Gasteiger charge is 2.34. The molecule has 0 aliphatic carbocycles. The molecule has 0 spiro atoms. The van der Waals surface area contributed by atoms with Gasteiger partial charge in [-0.1, -0.05) is 0 Å². The largest absolute Gasteiger partial charge is 0.450 e. The van der Waals surface area contributed by atoms with E-state index in [4.69, 9.17) is 4.74 Å². The van der Waals surface area contributed by atoms with Gasteiger partial charge in [0, 0.05) is 19.1 Å². The number of nitrogens with zero attached hydrogens (tertiary/aromatic N) is 1. The molecule has 2 aliphatic rings. The maximum absolute atomic E-state index is 12.0. The van der Waals surface area contributed by atoms with Crippen molar-refractivity contribution in [3.63, 3.8) is 0 Å². The SMILES string of the molecule is CCOC(=O)N1CCC(NC(=O)C2CCS(=O)(=O)C2)CC1. The van der Waals surface area contributed by atoms with E-state index in [1.54, 1.807) is 11.8 Å². The summed E-state index contributed by atoms with van der Waals surface area (Å²) in [7, 11) is -3.04. The second-order valence-electron chi connectivity index (χ2n) is 5.57. The van der Waals surface area contributed by atoms with Crippen molar-refractivity contribution >= 4 is 21.8 Å². The Morgan fingerprint density at radius 3 is 2.43 bits per heavy atom. The van der Waals surface area contributed by atoms with E-state index in [1.807, 2.05) is 0 Å². The van der Waals surface area contributed by atoms with Crippen LogP contribution in [0, 0.1) is 5.92 Å². The van der Waals surface area contributed by atoms with Crippen LogP contribution in [0.1, 0.15) is 26.2 Å². The van der Waals surface area contributed by atoms with Crippen molar-refractivity contribution < 1.29 is 22.7 Å². The lowest BCUT2D eigenvalue weighted by molar-refractivity contribution is -0.125. The van der Waals surface area contributed by atoms with Gasteiger partial charge < -0.3 is 15.0 Å². The van der Waals surface area contributed by atoms with E-state index in [1.165, 1.54) is 0 Å². The lowest BCUT2D eigenvalue weighted by Crippen LogP contribution is -2.48. The van der Waals surface area contributed by atoms with Crippen molar-refractivity contribution in [3.05, 3.63) is 0 Å². The van der Waals surface area contributed by atoms with E-state index in [2.05, 4.69) is 5.32 Å². The Morgan fingerprint density at radius 2 is 1.90 bits per heavy atom. The second kappa shape index (κ2) is 6.64. The number of hydrogen-bond acceptors (Lipinski definition) is 5. The number of carbonyl (C=O) groups is 2. The molecule has 120 valence electrons. The second-order valence-corrected chi connectivity index (χ2v) is 7.80. The van der Waals surface area contributed by atoms with E-state index in [9.17, 15) is 18.0 Å². The summed E-state index contributed by atoms with van der Waals surface area (Å²) < 4.78 is 27.7. The topological polar surface area (TPSA) is 92.8 Å². The molecule has 1 N–H and O–H groups in total. The summed E-state index contributed by atoms with van der Waals surface area (Å²) in [5.41, 5.74) is 0. The molecule has 1 atom stereocenters. The molecule has 2 rings (SSSR count). The van der Waals surface area contributed by atoms with Crippen LogP contribution in [0.15, 0.2) is 0 Å². The number of piperidine rings is 1. The fourth-order valence-corrected chi connectivity index (χ4v) is 4.48. The molecule has 2 saturated heterocycles.